The molecule has 1 rings (SSSR count). The minimum atomic E-state index is 0.175. The molecule has 0 saturated carbocycles. The summed E-state index contributed by atoms with van der Waals surface area (Å²) in [4.78, 5) is 11.2. The maximum Gasteiger partial charge on any atom is 0.188 e. The summed E-state index contributed by atoms with van der Waals surface area (Å²) >= 11 is 0. The average Bonchev–Trinajstić information content (AvgIpc) is 2.44. The Morgan fingerprint density at radius 1 is 1.20 bits per heavy atom. The van der Waals surface area contributed by atoms with Crippen LogP contribution >= 0.6 is 0 Å². The third kappa shape index (κ3) is 4.53. The number of aldehydes is 1. The van der Waals surface area contributed by atoms with Gasteiger partial charge in [0.05, 0.1) is 12.2 Å². The Hall–Kier alpha value is -1.55. The zero-order chi connectivity index (χ0) is 15.0. The van der Waals surface area contributed by atoms with Crippen molar-refractivity contribution < 1.29 is 19.0 Å². The van der Waals surface area contributed by atoms with E-state index in [-0.39, 0.29) is 12.7 Å². The molecule has 0 aliphatic heterocycles. The second-order valence-electron chi connectivity index (χ2n) is 4.95. The van der Waals surface area contributed by atoms with Gasteiger partial charge in [0.15, 0.2) is 13.1 Å². The van der Waals surface area contributed by atoms with Crippen LogP contribution in [0.1, 0.15) is 55.5 Å². The SMILES string of the molecule is CCCCOc1cc(OCOC)c(C(C)C)cc1C=O. The van der Waals surface area contributed by atoms with Crippen LogP contribution in [0.25, 0.3) is 0 Å². The van der Waals surface area contributed by atoms with Gasteiger partial charge < -0.3 is 14.2 Å². The van der Waals surface area contributed by atoms with Crippen LogP contribution in [0.2, 0.25) is 0 Å². The fourth-order valence-electron chi connectivity index (χ4n) is 1.84. The van der Waals surface area contributed by atoms with Crippen molar-refractivity contribution in [3.8, 4) is 11.5 Å². The summed E-state index contributed by atoms with van der Waals surface area (Å²) in [5.74, 6) is 1.54. The third-order valence-electron chi connectivity index (χ3n) is 2.98. The molecule has 4 nitrogen and oxygen atoms in total. The van der Waals surface area contributed by atoms with Gasteiger partial charge in [0.25, 0.3) is 0 Å². The first-order valence-corrected chi connectivity index (χ1v) is 7.01. The van der Waals surface area contributed by atoms with Crippen LogP contribution in [-0.2, 0) is 4.74 Å². The summed E-state index contributed by atoms with van der Waals surface area (Å²) in [5.41, 5.74) is 1.54. The number of rotatable bonds is 9. The van der Waals surface area contributed by atoms with Crippen LogP contribution in [0.4, 0.5) is 0 Å². The molecular formula is C16H24O4. The molecule has 0 amide bonds. The van der Waals surface area contributed by atoms with Crippen LogP contribution < -0.4 is 9.47 Å². The predicted molar refractivity (Wildman–Crippen MR) is 78.8 cm³/mol. The molecule has 0 heterocycles. The van der Waals surface area contributed by atoms with Gasteiger partial charge in [-0.25, -0.2) is 0 Å². The number of methoxy groups -OCH3 is 1. The number of benzene rings is 1. The monoisotopic (exact) mass is 280 g/mol. The molecule has 20 heavy (non-hydrogen) atoms. The second kappa shape index (κ2) is 8.59. The molecule has 0 unspecified atom stereocenters. The number of carbonyl (C=O) groups is 1. The van der Waals surface area contributed by atoms with E-state index >= 15 is 0 Å². The van der Waals surface area contributed by atoms with Crippen molar-refractivity contribution in [3.63, 3.8) is 0 Å². The molecule has 1 aromatic carbocycles. The van der Waals surface area contributed by atoms with Crippen molar-refractivity contribution in [1.29, 1.82) is 0 Å². The van der Waals surface area contributed by atoms with Gasteiger partial charge in [-0.15, -0.1) is 0 Å². The Morgan fingerprint density at radius 2 is 1.95 bits per heavy atom. The highest BCUT2D eigenvalue weighted by atomic mass is 16.7. The Kier molecular flexibility index (Phi) is 7.09. The van der Waals surface area contributed by atoms with Crippen LogP contribution in [-0.4, -0.2) is 26.8 Å². The van der Waals surface area contributed by atoms with E-state index in [0.29, 0.717) is 23.7 Å². The molecule has 0 atom stereocenters. The molecule has 0 saturated heterocycles. The molecule has 0 spiro atoms. The number of unbranched alkanes of at least 4 members (excludes halogenated alkanes) is 1. The average molecular weight is 280 g/mol. The van der Waals surface area contributed by atoms with Crippen molar-refractivity contribution in [2.75, 3.05) is 20.5 Å². The first kappa shape index (κ1) is 16.5. The lowest BCUT2D eigenvalue weighted by Crippen LogP contribution is -2.06. The highest BCUT2D eigenvalue weighted by Crippen LogP contribution is 2.33. The largest absolute Gasteiger partial charge is 0.493 e. The van der Waals surface area contributed by atoms with E-state index < -0.39 is 0 Å². The highest BCUT2D eigenvalue weighted by Gasteiger charge is 2.14. The summed E-state index contributed by atoms with van der Waals surface area (Å²) < 4.78 is 16.2. The Balaban J connectivity index is 3.05. The Morgan fingerprint density at radius 3 is 2.50 bits per heavy atom. The smallest absolute Gasteiger partial charge is 0.188 e. The topological polar surface area (TPSA) is 44.8 Å². The summed E-state index contributed by atoms with van der Waals surface area (Å²) in [6.07, 6.45) is 2.83. The van der Waals surface area contributed by atoms with Gasteiger partial charge in [0.2, 0.25) is 0 Å². The van der Waals surface area contributed by atoms with E-state index in [1.807, 2.05) is 6.07 Å². The molecule has 1 aromatic rings. The van der Waals surface area contributed by atoms with Crippen molar-refractivity contribution in [1.82, 2.24) is 0 Å². The van der Waals surface area contributed by atoms with Crippen LogP contribution in [0.3, 0.4) is 0 Å². The van der Waals surface area contributed by atoms with E-state index in [4.69, 9.17) is 14.2 Å². The molecule has 0 aliphatic rings. The van der Waals surface area contributed by atoms with Crippen molar-refractivity contribution >= 4 is 6.29 Å². The Labute approximate surface area is 121 Å². The summed E-state index contributed by atoms with van der Waals surface area (Å²) in [5, 5.41) is 0. The fourth-order valence-corrected chi connectivity index (χ4v) is 1.84. The van der Waals surface area contributed by atoms with E-state index in [0.717, 1.165) is 24.7 Å². The summed E-state index contributed by atoms with van der Waals surface area (Å²) in [7, 11) is 1.58. The van der Waals surface area contributed by atoms with E-state index in [9.17, 15) is 4.79 Å². The molecule has 4 heteroatoms. The third-order valence-corrected chi connectivity index (χ3v) is 2.98. The van der Waals surface area contributed by atoms with Gasteiger partial charge in [-0.2, -0.15) is 0 Å². The standard InChI is InChI=1S/C16H24O4/c1-5-6-7-19-15-9-16(20-11-18-4)14(12(2)3)8-13(15)10-17/h8-10,12H,5-7,11H2,1-4H3. The summed E-state index contributed by atoms with van der Waals surface area (Å²) in [6.45, 7) is 6.98. The highest BCUT2D eigenvalue weighted by molar-refractivity contribution is 5.80. The summed E-state index contributed by atoms with van der Waals surface area (Å²) in [6, 6.07) is 3.62. The van der Waals surface area contributed by atoms with Gasteiger partial charge in [-0.05, 0) is 24.0 Å². The number of hydrogen-bond donors (Lipinski definition) is 0. The van der Waals surface area contributed by atoms with E-state index in [1.165, 1.54) is 0 Å². The molecule has 112 valence electrons. The molecule has 0 fully saturated rings. The maximum absolute atomic E-state index is 11.2. The van der Waals surface area contributed by atoms with Crippen molar-refractivity contribution in [2.24, 2.45) is 0 Å². The minimum Gasteiger partial charge on any atom is -0.493 e. The molecular weight excluding hydrogens is 256 g/mol. The lowest BCUT2D eigenvalue weighted by atomic mass is 9.99. The van der Waals surface area contributed by atoms with Crippen molar-refractivity contribution in [3.05, 3.63) is 23.3 Å². The molecule has 0 aliphatic carbocycles. The first-order chi connectivity index (χ1) is 9.63. The van der Waals surface area contributed by atoms with Crippen LogP contribution in [0.15, 0.2) is 12.1 Å². The minimum absolute atomic E-state index is 0.175. The van der Waals surface area contributed by atoms with Crippen LogP contribution in [0, 0.1) is 0 Å². The zero-order valence-corrected chi connectivity index (χ0v) is 12.8. The van der Waals surface area contributed by atoms with Gasteiger partial charge in [0, 0.05) is 13.2 Å². The normalized spacial score (nSPS) is 10.7. The number of carbonyl (C=O) groups excluding carboxylic acids is 1. The quantitative estimate of drug-likeness (QED) is 0.392. The first-order valence-electron chi connectivity index (χ1n) is 7.01. The molecule has 0 bridgehead atoms. The maximum atomic E-state index is 11.2. The number of ether oxygens (including phenoxy) is 3. The molecule has 0 aromatic heterocycles. The Bertz CT molecular complexity index is 427. The van der Waals surface area contributed by atoms with Gasteiger partial charge in [-0.1, -0.05) is 27.2 Å². The predicted octanol–water partition coefficient (Wildman–Crippen LogP) is 3.78. The van der Waals surface area contributed by atoms with Crippen molar-refractivity contribution in [2.45, 2.75) is 39.5 Å². The molecule has 0 radical (unpaired) electrons. The molecule has 0 N–H and O–H groups in total. The number of hydrogen-bond acceptors (Lipinski definition) is 4. The van der Waals surface area contributed by atoms with E-state index in [1.54, 1.807) is 13.2 Å². The van der Waals surface area contributed by atoms with Gasteiger partial charge in [-0.3, -0.25) is 4.79 Å². The zero-order valence-electron chi connectivity index (χ0n) is 12.8. The fraction of sp³-hybridized carbons (Fsp3) is 0.562. The van der Waals surface area contributed by atoms with Crippen LogP contribution in [0.5, 0.6) is 11.5 Å². The van der Waals surface area contributed by atoms with Gasteiger partial charge >= 0.3 is 0 Å². The van der Waals surface area contributed by atoms with Gasteiger partial charge in [0.1, 0.15) is 11.5 Å². The van der Waals surface area contributed by atoms with E-state index in [2.05, 4.69) is 20.8 Å². The lowest BCUT2D eigenvalue weighted by Gasteiger charge is -2.17. The second-order valence-corrected chi connectivity index (χ2v) is 4.95. The lowest BCUT2D eigenvalue weighted by molar-refractivity contribution is 0.0500.